The maximum atomic E-state index is 14.0. The van der Waals surface area contributed by atoms with Crippen molar-refractivity contribution in [1.82, 2.24) is 5.32 Å². The van der Waals surface area contributed by atoms with Crippen molar-refractivity contribution in [1.29, 1.82) is 0 Å². The maximum absolute atomic E-state index is 14.0. The third-order valence-corrected chi connectivity index (χ3v) is 7.27. The number of nitrogens with one attached hydrogen (secondary N) is 1. The van der Waals surface area contributed by atoms with Crippen molar-refractivity contribution in [3.63, 3.8) is 0 Å². The van der Waals surface area contributed by atoms with E-state index in [0.29, 0.717) is 5.70 Å². The van der Waals surface area contributed by atoms with Crippen LogP contribution in [0.15, 0.2) is 47.4 Å². The van der Waals surface area contributed by atoms with Gasteiger partial charge in [-0.3, -0.25) is 14.4 Å². The molecule has 0 saturated carbocycles. The lowest BCUT2D eigenvalue weighted by Crippen LogP contribution is -2.41. The zero-order valence-electron chi connectivity index (χ0n) is 22.0. The number of allylic oxidation sites excluding steroid dienone is 4. The SMILES string of the molecule is COc1ccc(C(NC(C)=C2C(=O)C=C3Oc4c(C(C)=O)c(O)c(C)c(O)c4[C@@]3(C)C2=O)C(C)C)cc1. The molecule has 0 bridgehead atoms. The number of ether oxygens (including phenoxy) is 2. The topological polar surface area (TPSA) is 122 Å². The largest absolute Gasteiger partial charge is 0.507 e. The van der Waals surface area contributed by atoms with E-state index in [1.165, 1.54) is 19.9 Å². The van der Waals surface area contributed by atoms with Gasteiger partial charge in [-0.2, -0.15) is 0 Å². The summed E-state index contributed by atoms with van der Waals surface area (Å²) in [4.78, 5) is 39.6. The quantitative estimate of drug-likeness (QED) is 0.297. The summed E-state index contributed by atoms with van der Waals surface area (Å²) in [6.45, 7) is 9.99. The van der Waals surface area contributed by atoms with E-state index in [-0.39, 0.29) is 51.5 Å². The zero-order valence-corrected chi connectivity index (χ0v) is 22.0. The van der Waals surface area contributed by atoms with Gasteiger partial charge in [0.15, 0.2) is 17.3 Å². The average molecular weight is 506 g/mol. The number of phenols is 2. The van der Waals surface area contributed by atoms with Gasteiger partial charge in [-0.25, -0.2) is 0 Å². The van der Waals surface area contributed by atoms with Gasteiger partial charge < -0.3 is 25.0 Å². The van der Waals surface area contributed by atoms with Crippen LogP contribution in [0.5, 0.6) is 23.0 Å². The second-order valence-electron chi connectivity index (χ2n) is 10.0. The standard InChI is InChI=1S/C29H31NO7/c1-13(2)24(17-8-10-18(36-7)11-9-17)30-15(4)21-19(32)12-20-29(6,28(21)35)23-26(34)14(3)25(33)22(16(5)31)27(23)37-20/h8-13,24,30,33-34H,1-7H3/t24?,29-/m0/s1. The summed E-state index contributed by atoms with van der Waals surface area (Å²) in [7, 11) is 1.59. The number of rotatable bonds is 6. The lowest BCUT2D eigenvalue weighted by atomic mass is 9.70. The van der Waals surface area contributed by atoms with Crippen LogP contribution >= 0.6 is 0 Å². The minimum atomic E-state index is -1.55. The van der Waals surface area contributed by atoms with Crippen LogP contribution in [0.4, 0.5) is 0 Å². The van der Waals surface area contributed by atoms with Crippen LogP contribution in [0.1, 0.15) is 67.7 Å². The van der Waals surface area contributed by atoms with E-state index in [1.807, 2.05) is 38.1 Å². The molecule has 2 atom stereocenters. The number of hydrogen-bond acceptors (Lipinski definition) is 8. The molecule has 37 heavy (non-hydrogen) atoms. The highest BCUT2D eigenvalue weighted by molar-refractivity contribution is 6.31. The molecule has 0 radical (unpaired) electrons. The first-order valence-electron chi connectivity index (χ1n) is 12.0. The molecule has 1 aliphatic carbocycles. The number of phenolic OH excluding ortho intramolecular Hbond substituents is 2. The predicted octanol–water partition coefficient (Wildman–Crippen LogP) is 4.56. The fraction of sp³-hybridized carbons (Fsp3) is 0.345. The molecule has 0 saturated heterocycles. The number of ketones is 3. The molecule has 0 fully saturated rings. The van der Waals surface area contributed by atoms with Gasteiger partial charge in [0.1, 0.15) is 39.7 Å². The Balaban J connectivity index is 1.84. The Morgan fingerprint density at radius 2 is 1.70 bits per heavy atom. The van der Waals surface area contributed by atoms with Crippen molar-refractivity contribution >= 4 is 17.3 Å². The first-order chi connectivity index (χ1) is 17.3. The fourth-order valence-corrected chi connectivity index (χ4v) is 5.11. The zero-order chi connectivity index (χ0) is 27.4. The number of Topliss-reactive ketones (excluding diaryl/α,β-unsaturated/α-hetero) is 2. The van der Waals surface area contributed by atoms with Crippen LogP contribution in [0.25, 0.3) is 0 Å². The Morgan fingerprint density at radius 1 is 1.08 bits per heavy atom. The molecule has 4 rings (SSSR count). The van der Waals surface area contributed by atoms with Crippen molar-refractivity contribution in [3.8, 4) is 23.0 Å². The number of methoxy groups -OCH3 is 1. The Labute approximate surface area is 215 Å². The molecule has 1 unspecified atom stereocenters. The van der Waals surface area contributed by atoms with E-state index >= 15 is 0 Å². The summed E-state index contributed by atoms with van der Waals surface area (Å²) in [5, 5.41) is 24.8. The molecule has 2 aliphatic rings. The molecule has 0 aromatic heterocycles. The number of aromatic hydroxyl groups is 2. The summed E-state index contributed by atoms with van der Waals surface area (Å²) in [6, 6.07) is 7.34. The second-order valence-corrected chi connectivity index (χ2v) is 10.0. The minimum Gasteiger partial charge on any atom is -0.507 e. The van der Waals surface area contributed by atoms with Gasteiger partial charge in [0.2, 0.25) is 0 Å². The number of hydrogen-bond donors (Lipinski definition) is 3. The van der Waals surface area contributed by atoms with Gasteiger partial charge >= 0.3 is 0 Å². The lowest BCUT2D eigenvalue weighted by molar-refractivity contribution is -0.123. The average Bonchev–Trinajstić information content (AvgIpc) is 3.13. The van der Waals surface area contributed by atoms with Crippen molar-refractivity contribution in [2.45, 2.75) is 53.0 Å². The Bertz CT molecular complexity index is 1400. The fourth-order valence-electron chi connectivity index (χ4n) is 5.11. The highest BCUT2D eigenvalue weighted by atomic mass is 16.5. The Morgan fingerprint density at radius 3 is 2.24 bits per heavy atom. The second kappa shape index (κ2) is 9.10. The van der Waals surface area contributed by atoms with Crippen LogP contribution in [-0.4, -0.2) is 34.7 Å². The molecule has 194 valence electrons. The minimum absolute atomic E-state index is 0.00686. The summed E-state index contributed by atoms with van der Waals surface area (Å²) in [5.41, 5.74) is -0.285. The number of carbonyl (C=O) groups excluding carboxylic acids is 3. The van der Waals surface area contributed by atoms with Crippen molar-refractivity contribution in [2.24, 2.45) is 5.92 Å². The molecule has 3 N–H and O–H groups in total. The van der Waals surface area contributed by atoms with Crippen LogP contribution in [0, 0.1) is 12.8 Å². The monoisotopic (exact) mass is 505 g/mol. The molecule has 8 nitrogen and oxygen atoms in total. The summed E-state index contributed by atoms with van der Waals surface area (Å²) >= 11 is 0. The van der Waals surface area contributed by atoms with Crippen molar-refractivity contribution < 1.29 is 34.1 Å². The molecule has 1 heterocycles. The highest BCUT2D eigenvalue weighted by Gasteiger charge is 2.56. The highest BCUT2D eigenvalue weighted by Crippen LogP contribution is 2.57. The molecule has 1 aliphatic heterocycles. The summed E-state index contributed by atoms with van der Waals surface area (Å²) in [5.74, 6) is -1.64. The molecule has 2 aromatic rings. The van der Waals surface area contributed by atoms with Crippen LogP contribution < -0.4 is 14.8 Å². The summed E-state index contributed by atoms with van der Waals surface area (Å²) in [6.07, 6.45) is 1.22. The Kier molecular flexibility index (Phi) is 6.40. The molecule has 0 amide bonds. The molecular weight excluding hydrogens is 474 g/mol. The van der Waals surface area contributed by atoms with E-state index in [0.717, 1.165) is 11.3 Å². The van der Waals surface area contributed by atoms with E-state index < -0.39 is 28.5 Å². The van der Waals surface area contributed by atoms with Gasteiger partial charge in [0.25, 0.3) is 0 Å². The van der Waals surface area contributed by atoms with E-state index in [9.17, 15) is 24.6 Å². The Hall–Kier alpha value is -4.07. The van der Waals surface area contributed by atoms with Gasteiger partial charge in [0.05, 0.1) is 24.3 Å². The smallest absolute Gasteiger partial charge is 0.194 e. The van der Waals surface area contributed by atoms with Crippen molar-refractivity contribution in [3.05, 3.63) is 69.6 Å². The normalized spacial score (nSPS) is 20.6. The molecule has 2 aromatic carbocycles. The van der Waals surface area contributed by atoms with Gasteiger partial charge in [-0.15, -0.1) is 0 Å². The predicted molar refractivity (Wildman–Crippen MR) is 137 cm³/mol. The van der Waals surface area contributed by atoms with Gasteiger partial charge in [0, 0.05) is 17.3 Å². The number of fused-ring (bicyclic) bond motifs is 3. The first kappa shape index (κ1) is 26.0. The maximum Gasteiger partial charge on any atom is 0.194 e. The van der Waals surface area contributed by atoms with E-state index in [1.54, 1.807) is 21.0 Å². The number of carbonyl (C=O) groups is 3. The number of benzene rings is 2. The lowest BCUT2D eigenvalue weighted by Gasteiger charge is -2.31. The van der Waals surface area contributed by atoms with Crippen LogP contribution in [-0.2, 0) is 15.0 Å². The summed E-state index contributed by atoms with van der Waals surface area (Å²) < 4.78 is 11.1. The van der Waals surface area contributed by atoms with E-state index in [2.05, 4.69) is 5.32 Å². The van der Waals surface area contributed by atoms with Gasteiger partial charge in [-0.1, -0.05) is 26.0 Å². The molecular formula is C29H31NO7. The van der Waals surface area contributed by atoms with Gasteiger partial charge in [-0.05, 0) is 51.3 Å². The first-order valence-corrected chi connectivity index (χ1v) is 12.0. The molecule has 0 spiro atoms. The molecule has 8 heteroatoms. The van der Waals surface area contributed by atoms with Crippen LogP contribution in [0.3, 0.4) is 0 Å². The third kappa shape index (κ3) is 3.87. The van der Waals surface area contributed by atoms with Crippen LogP contribution in [0.2, 0.25) is 0 Å². The van der Waals surface area contributed by atoms with E-state index in [4.69, 9.17) is 9.47 Å². The van der Waals surface area contributed by atoms with Crippen molar-refractivity contribution in [2.75, 3.05) is 7.11 Å². The third-order valence-electron chi connectivity index (χ3n) is 7.27.